The number of thiophene rings is 1. The Morgan fingerprint density at radius 3 is 2.43 bits per heavy atom. The summed E-state index contributed by atoms with van der Waals surface area (Å²) in [4.78, 5) is 41.0. The van der Waals surface area contributed by atoms with Gasteiger partial charge in [0, 0.05) is 45.2 Å². The molecule has 1 saturated carbocycles. The highest BCUT2D eigenvalue weighted by atomic mass is 32.1. The van der Waals surface area contributed by atoms with Crippen molar-refractivity contribution in [1.29, 1.82) is 0 Å². The Balaban J connectivity index is 1.28. The molecule has 1 aromatic rings. The molecule has 28 heavy (non-hydrogen) atoms. The first-order valence-electron chi connectivity index (χ1n) is 10.3. The molecule has 2 N–H and O–H groups in total. The largest absolute Gasteiger partial charge is 0.339 e. The predicted molar refractivity (Wildman–Crippen MR) is 109 cm³/mol. The summed E-state index contributed by atoms with van der Waals surface area (Å²) in [5.41, 5.74) is 0. The van der Waals surface area contributed by atoms with Crippen molar-refractivity contribution >= 4 is 29.2 Å². The molecule has 0 atom stereocenters. The third-order valence-electron chi connectivity index (χ3n) is 5.44. The van der Waals surface area contributed by atoms with Crippen LogP contribution in [-0.2, 0) is 4.79 Å². The van der Waals surface area contributed by atoms with Crippen LogP contribution in [0.2, 0.25) is 0 Å². The number of hydrogen-bond acceptors (Lipinski definition) is 4. The number of hydrogen-bond donors (Lipinski definition) is 2. The molecule has 0 radical (unpaired) electrons. The van der Waals surface area contributed by atoms with E-state index in [9.17, 15) is 14.4 Å². The van der Waals surface area contributed by atoms with Gasteiger partial charge in [-0.25, -0.2) is 4.79 Å². The average molecular weight is 407 g/mol. The second-order valence-corrected chi connectivity index (χ2v) is 8.44. The standard InChI is InChI=1S/C20H30N4O3S/c25-18(9-4-10-21-20(27)22-16-6-2-1-3-7-16)23-11-13-24(14-12-23)19(26)17-8-5-15-28-17/h5,8,15-16H,1-4,6-7,9-14H2,(H2,21,22,27). The van der Waals surface area contributed by atoms with Gasteiger partial charge < -0.3 is 20.4 Å². The molecule has 1 aliphatic carbocycles. The van der Waals surface area contributed by atoms with Crippen LogP contribution in [-0.4, -0.2) is 66.4 Å². The lowest BCUT2D eigenvalue weighted by Gasteiger charge is -2.34. The summed E-state index contributed by atoms with van der Waals surface area (Å²) in [5.74, 6) is 0.146. The van der Waals surface area contributed by atoms with E-state index in [2.05, 4.69) is 10.6 Å². The van der Waals surface area contributed by atoms with Gasteiger partial charge in [-0.15, -0.1) is 11.3 Å². The van der Waals surface area contributed by atoms with Crippen molar-refractivity contribution < 1.29 is 14.4 Å². The minimum absolute atomic E-state index is 0.0512. The van der Waals surface area contributed by atoms with Gasteiger partial charge in [0.05, 0.1) is 4.88 Å². The molecule has 154 valence electrons. The summed E-state index contributed by atoms with van der Waals surface area (Å²) < 4.78 is 0. The van der Waals surface area contributed by atoms with Crippen LogP contribution in [0.4, 0.5) is 4.79 Å². The van der Waals surface area contributed by atoms with E-state index in [-0.39, 0.29) is 17.8 Å². The number of amides is 4. The maximum Gasteiger partial charge on any atom is 0.315 e. The van der Waals surface area contributed by atoms with Crippen LogP contribution >= 0.6 is 11.3 Å². The number of nitrogens with zero attached hydrogens (tertiary/aromatic N) is 2. The molecule has 0 unspecified atom stereocenters. The van der Waals surface area contributed by atoms with E-state index in [0.717, 1.165) is 17.7 Å². The monoisotopic (exact) mass is 406 g/mol. The molecule has 7 nitrogen and oxygen atoms in total. The highest BCUT2D eigenvalue weighted by Gasteiger charge is 2.25. The van der Waals surface area contributed by atoms with Crippen LogP contribution in [0, 0.1) is 0 Å². The van der Waals surface area contributed by atoms with Crippen molar-refractivity contribution in [3.8, 4) is 0 Å². The zero-order valence-electron chi connectivity index (χ0n) is 16.3. The van der Waals surface area contributed by atoms with Crippen molar-refractivity contribution in [2.75, 3.05) is 32.7 Å². The van der Waals surface area contributed by atoms with Gasteiger partial charge in [-0.2, -0.15) is 0 Å². The summed E-state index contributed by atoms with van der Waals surface area (Å²) in [6.07, 6.45) is 6.81. The van der Waals surface area contributed by atoms with Crippen molar-refractivity contribution in [2.45, 2.75) is 51.0 Å². The molecule has 1 aliphatic heterocycles. The topological polar surface area (TPSA) is 81.8 Å². The zero-order chi connectivity index (χ0) is 19.8. The summed E-state index contributed by atoms with van der Waals surface area (Å²) >= 11 is 1.45. The van der Waals surface area contributed by atoms with E-state index in [0.29, 0.717) is 51.6 Å². The first kappa shape index (κ1) is 20.6. The first-order valence-corrected chi connectivity index (χ1v) is 11.2. The maximum atomic E-state index is 12.4. The van der Waals surface area contributed by atoms with E-state index < -0.39 is 0 Å². The Kier molecular flexibility index (Phi) is 7.71. The molecule has 2 heterocycles. The predicted octanol–water partition coefficient (Wildman–Crippen LogP) is 2.44. The Bertz CT molecular complexity index is 650. The fourth-order valence-electron chi connectivity index (χ4n) is 3.80. The molecular formula is C20H30N4O3S. The summed E-state index contributed by atoms with van der Waals surface area (Å²) in [5, 5.41) is 7.77. The molecule has 2 fully saturated rings. The molecule has 1 aromatic heterocycles. The lowest BCUT2D eigenvalue weighted by atomic mass is 9.96. The Labute approximate surface area is 170 Å². The van der Waals surface area contributed by atoms with E-state index in [1.165, 1.54) is 30.6 Å². The van der Waals surface area contributed by atoms with E-state index >= 15 is 0 Å². The Hall–Kier alpha value is -2.09. The van der Waals surface area contributed by atoms with E-state index in [1.54, 1.807) is 0 Å². The van der Waals surface area contributed by atoms with Gasteiger partial charge in [0.15, 0.2) is 0 Å². The highest BCUT2D eigenvalue weighted by molar-refractivity contribution is 7.12. The minimum Gasteiger partial charge on any atom is -0.339 e. The minimum atomic E-state index is -0.125. The molecule has 0 aromatic carbocycles. The maximum absolute atomic E-state index is 12.4. The number of carbonyl (C=O) groups excluding carboxylic acids is 3. The summed E-state index contributed by atoms with van der Waals surface area (Å²) in [6, 6.07) is 3.88. The van der Waals surface area contributed by atoms with Crippen molar-refractivity contribution in [1.82, 2.24) is 20.4 Å². The van der Waals surface area contributed by atoms with Crippen LogP contribution in [0.1, 0.15) is 54.6 Å². The second kappa shape index (κ2) is 10.5. The van der Waals surface area contributed by atoms with Crippen LogP contribution in [0.15, 0.2) is 17.5 Å². The number of urea groups is 1. The molecular weight excluding hydrogens is 376 g/mol. The number of rotatable bonds is 6. The zero-order valence-corrected chi connectivity index (χ0v) is 17.1. The normalized spacial score (nSPS) is 18.0. The Morgan fingerprint density at radius 1 is 1.04 bits per heavy atom. The van der Waals surface area contributed by atoms with Crippen LogP contribution in [0.5, 0.6) is 0 Å². The van der Waals surface area contributed by atoms with E-state index in [4.69, 9.17) is 0 Å². The van der Waals surface area contributed by atoms with Crippen molar-refractivity contribution in [2.24, 2.45) is 0 Å². The lowest BCUT2D eigenvalue weighted by Crippen LogP contribution is -2.50. The Morgan fingerprint density at radius 2 is 1.75 bits per heavy atom. The van der Waals surface area contributed by atoms with Crippen LogP contribution < -0.4 is 10.6 Å². The smallest absolute Gasteiger partial charge is 0.315 e. The first-order chi connectivity index (χ1) is 13.6. The van der Waals surface area contributed by atoms with Crippen LogP contribution in [0.3, 0.4) is 0 Å². The van der Waals surface area contributed by atoms with Gasteiger partial charge in [-0.05, 0) is 30.7 Å². The van der Waals surface area contributed by atoms with Gasteiger partial charge in [0.25, 0.3) is 5.91 Å². The molecule has 4 amide bonds. The molecule has 0 bridgehead atoms. The molecule has 0 spiro atoms. The van der Waals surface area contributed by atoms with E-state index in [1.807, 2.05) is 27.3 Å². The van der Waals surface area contributed by atoms with Gasteiger partial charge in [-0.3, -0.25) is 9.59 Å². The third-order valence-corrected chi connectivity index (χ3v) is 6.30. The third kappa shape index (κ3) is 5.95. The number of piperazine rings is 1. The van der Waals surface area contributed by atoms with Gasteiger partial charge >= 0.3 is 6.03 Å². The molecule has 8 heteroatoms. The van der Waals surface area contributed by atoms with Gasteiger partial charge in [-0.1, -0.05) is 25.3 Å². The fourth-order valence-corrected chi connectivity index (χ4v) is 4.49. The van der Waals surface area contributed by atoms with Crippen molar-refractivity contribution in [3.63, 3.8) is 0 Å². The summed E-state index contributed by atoms with van der Waals surface area (Å²) in [6.45, 7) is 2.80. The molecule has 2 aliphatic rings. The number of nitrogens with one attached hydrogen (secondary N) is 2. The highest BCUT2D eigenvalue weighted by Crippen LogP contribution is 2.17. The summed E-state index contributed by atoms with van der Waals surface area (Å²) in [7, 11) is 0. The molecule has 1 saturated heterocycles. The lowest BCUT2D eigenvalue weighted by molar-refractivity contribution is -0.132. The van der Waals surface area contributed by atoms with Gasteiger partial charge in [0.2, 0.25) is 5.91 Å². The van der Waals surface area contributed by atoms with Gasteiger partial charge in [0.1, 0.15) is 0 Å². The second-order valence-electron chi connectivity index (χ2n) is 7.49. The van der Waals surface area contributed by atoms with Crippen LogP contribution in [0.25, 0.3) is 0 Å². The van der Waals surface area contributed by atoms with Crippen molar-refractivity contribution in [3.05, 3.63) is 22.4 Å². The SMILES string of the molecule is O=C(NCCCC(=O)N1CCN(C(=O)c2cccs2)CC1)NC1CCCCC1. The quantitative estimate of drug-likeness (QED) is 0.712. The molecule has 3 rings (SSSR count). The fraction of sp³-hybridized carbons (Fsp3) is 0.650. The average Bonchev–Trinajstić information content (AvgIpc) is 3.26. The number of carbonyl (C=O) groups is 3.